The molecule has 6 aliphatic carbocycles. The molecule has 0 aromatic heterocycles. The van der Waals surface area contributed by atoms with Gasteiger partial charge in [0.05, 0.1) is 11.8 Å². The summed E-state index contributed by atoms with van der Waals surface area (Å²) in [4.78, 5) is 38.7. The van der Waals surface area contributed by atoms with Gasteiger partial charge in [-0.1, -0.05) is 66.9 Å². The number of carboxylic acids is 1. The minimum Gasteiger partial charge on any atom is -0.481 e. The Labute approximate surface area is 297 Å². The van der Waals surface area contributed by atoms with Crippen molar-refractivity contribution in [1.82, 2.24) is 5.32 Å². The van der Waals surface area contributed by atoms with Crippen LogP contribution in [-0.2, 0) is 19.1 Å². The van der Waals surface area contributed by atoms with Crippen molar-refractivity contribution >= 4 is 17.7 Å². The Balaban J connectivity index is 1.24. The van der Waals surface area contributed by atoms with Crippen LogP contribution < -0.4 is 5.32 Å². The van der Waals surface area contributed by atoms with Crippen LogP contribution in [-0.4, -0.2) is 42.0 Å². The molecule has 0 aliphatic heterocycles. The molecule has 6 aliphatic rings. The van der Waals surface area contributed by atoms with E-state index in [0.29, 0.717) is 23.5 Å². The van der Waals surface area contributed by atoms with E-state index in [-0.39, 0.29) is 51.5 Å². The second-order valence-electron chi connectivity index (χ2n) is 20.3. The molecule has 1 unspecified atom stereocenters. The highest BCUT2D eigenvalue weighted by atomic mass is 16.5. The topological polar surface area (TPSA) is 92.7 Å². The van der Waals surface area contributed by atoms with Gasteiger partial charge in [-0.15, -0.1) is 0 Å². The molecule has 0 spiro atoms. The molecule has 0 aromatic rings. The summed E-state index contributed by atoms with van der Waals surface area (Å²) < 4.78 is 6.18. The maximum absolute atomic E-state index is 14.0. The third-order valence-electron chi connectivity index (χ3n) is 16.6. The molecule has 6 rings (SSSR count). The Morgan fingerprint density at radius 2 is 1.59 bits per heavy atom. The number of carbonyl (C=O) groups excluding carboxylic acids is 2. The molecule has 0 aromatic carbocycles. The van der Waals surface area contributed by atoms with Gasteiger partial charge in [-0.05, 0) is 149 Å². The van der Waals surface area contributed by atoms with E-state index in [1.807, 2.05) is 0 Å². The predicted octanol–water partition coefficient (Wildman–Crippen LogP) is 9.55. The third kappa shape index (κ3) is 5.88. The number of ketones is 1. The van der Waals surface area contributed by atoms with E-state index in [4.69, 9.17) is 4.74 Å². The first-order chi connectivity index (χ1) is 22.8. The van der Waals surface area contributed by atoms with Gasteiger partial charge < -0.3 is 15.2 Å². The van der Waals surface area contributed by atoms with Crippen molar-refractivity contribution in [1.29, 1.82) is 0 Å². The van der Waals surface area contributed by atoms with Crippen LogP contribution in [0.25, 0.3) is 0 Å². The zero-order valence-corrected chi connectivity index (χ0v) is 32.6. The number of aliphatic carboxylic acids is 1. The molecule has 6 nitrogen and oxygen atoms in total. The van der Waals surface area contributed by atoms with Gasteiger partial charge in [0.25, 0.3) is 0 Å². The molecule has 8 atom stereocenters. The molecular weight excluding hydrogens is 610 g/mol. The number of ether oxygens (including phenoxy) is 1. The Morgan fingerprint density at radius 1 is 0.898 bits per heavy atom. The minimum atomic E-state index is -1.14. The summed E-state index contributed by atoms with van der Waals surface area (Å²) in [6.07, 6.45) is 15.9. The minimum absolute atomic E-state index is 0.0347. The fraction of sp³-hybridized carbons (Fsp3) is 0.884. The quantitative estimate of drug-likeness (QED) is 0.177. The smallest absolute Gasteiger partial charge is 0.309 e. The average molecular weight is 680 g/mol. The SMILES string of the molecule is CC(C)C1=C2C3CC[C@@H]4[C@@]5(C)CC[C@H](OC(=O)CC(C)(C)C(=O)O)C(C)(C)[C@@H]5CC[C@@]4(C)[C@]3(C)CC[C@@]2(CCNCC2CCCC2)CC1=O. The van der Waals surface area contributed by atoms with Gasteiger partial charge in [0, 0.05) is 17.3 Å². The molecule has 5 fully saturated rings. The molecule has 6 heteroatoms. The first-order valence-electron chi connectivity index (χ1n) is 20.2. The lowest BCUT2D eigenvalue weighted by molar-refractivity contribution is -0.233. The van der Waals surface area contributed by atoms with E-state index >= 15 is 0 Å². The van der Waals surface area contributed by atoms with Crippen LogP contribution in [0, 0.1) is 62.1 Å². The molecule has 5 saturated carbocycles. The largest absolute Gasteiger partial charge is 0.481 e. The maximum atomic E-state index is 14.0. The maximum Gasteiger partial charge on any atom is 0.309 e. The van der Waals surface area contributed by atoms with Crippen LogP contribution >= 0.6 is 0 Å². The van der Waals surface area contributed by atoms with Crippen LogP contribution in [0.4, 0.5) is 0 Å². The average Bonchev–Trinajstić information content (AvgIpc) is 3.62. The summed E-state index contributed by atoms with van der Waals surface area (Å²) in [5.41, 5.74) is 1.98. The molecule has 0 radical (unpaired) electrons. The lowest BCUT2D eigenvalue weighted by atomic mass is 9.33. The number of fused-ring (bicyclic) bond motifs is 7. The van der Waals surface area contributed by atoms with Crippen LogP contribution in [0.1, 0.15) is 159 Å². The van der Waals surface area contributed by atoms with E-state index in [0.717, 1.165) is 57.5 Å². The number of hydrogen-bond donors (Lipinski definition) is 2. The van der Waals surface area contributed by atoms with E-state index in [9.17, 15) is 19.5 Å². The molecule has 0 saturated heterocycles. The fourth-order valence-corrected chi connectivity index (χ4v) is 13.7. The van der Waals surface area contributed by atoms with Crippen molar-refractivity contribution in [2.45, 2.75) is 165 Å². The Hall–Kier alpha value is -1.69. The Kier molecular flexibility index (Phi) is 9.66. The van der Waals surface area contributed by atoms with Crippen molar-refractivity contribution in [3.05, 3.63) is 11.1 Å². The summed E-state index contributed by atoms with van der Waals surface area (Å²) in [5.74, 6) is 1.69. The van der Waals surface area contributed by atoms with Gasteiger partial charge in [0.2, 0.25) is 0 Å². The summed E-state index contributed by atoms with van der Waals surface area (Å²) >= 11 is 0. The van der Waals surface area contributed by atoms with E-state index in [1.54, 1.807) is 19.4 Å². The summed E-state index contributed by atoms with van der Waals surface area (Å²) in [6, 6.07) is 0. The van der Waals surface area contributed by atoms with Gasteiger partial charge in [0.15, 0.2) is 5.78 Å². The first kappa shape index (κ1) is 37.1. The Morgan fingerprint density at radius 3 is 2.24 bits per heavy atom. The number of nitrogens with one attached hydrogen (secondary N) is 1. The monoisotopic (exact) mass is 680 g/mol. The van der Waals surface area contributed by atoms with E-state index < -0.39 is 11.4 Å². The first-order valence-corrected chi connectivity index (χ1v) is 20.2. The zero-order chi connectivity index (χ0) is 35.8. The molecule has 0 amide bonds. The summed E-state index contributed by atoms with van der Waals surface area (Å²) in [5, 5.41) is 13.5. The second-order valence-corrected chi connectivity index (χ2v) is 20.3. The highest BCUT2D eigenvalue weighted by Crippen LogP contribution is 2.77. The number of carbonyl (C=O) groups is 3. The third-order valence-corrected chi connectivity index (χ3v) is 16.6. The van der Waals surface area contributed by atoms with Crippen molar-refractivity contribution in [2.24, 2.45) is 62.1 Å². The van der Waals surface area contributed by atoms with Gasteiger partial charge in [-0.25, -0.2) is 0 Å². The van der Waals surface area contributed by atoms with E-state index in [1.165, 1.54) is 56.9 Å². The fourth-order valence-electron chi connectivity index (χ4n) is 13.7. The van der Waals surface area contributed by atoms with Crippen LogP contribution in [0.3, 0.4) is 0 Å². The lowest BCUT2D eigenvalue weighted by Gasteiger charge is -2.72. The van der Waals surface area contributed by atoms with Gasteiger partial charge in [0.1, 0.15) is 6.10 Å². The molecule has 2 N–H and O–H groups in total. The lowest BCUT2D eigenvalue weighted by Crippen LogP contribution is -2.65. The van der Waals surface area contributed by atoms with Crippen molar-refractivity contribution in [3.63, 3.8) is 0 Å². The van der Waals surface area contributed by atoms with Crippen molar-refractivity contribution < 1.29 is 24.2 Å². The number of rotatable bonds is 10. The number of allylic oxidation sites excluding steroid dienone is 2. The van der Waals surface area contributed by atoms with Gasteiger partial charge >= 0.3 is 11.9 Å². The number of Topliss-reactive ketones (excluding diaryl/α,β-unsaturated/α-hetero) is 1. The molecular formula is C43H69NO5. The van der Waals surface area contributed by atoms with Gasteiger partial charge in [-0.2, -0.15) is 0 Å². The summed E-state index contributed by atoms with van der Waals surface area (Å²) in [7, 11) is 0. The standard InChI is InChI=1S/C43H69NO5/c1-27(2)35-30(45)24-43(22-23-44-26-28-12-10-11-13-28)21-20-41(8)29(36(35)43)14-15-32-40(7)18-17-33(49-34(46)25-38(3,4)37(47)48)39(5,6)31(40)16-19-42(32,41)9/h27-29,31-33,44H,10-26H2,1-9H3,(H,47,48)/t29?,31-,32+,33-,40-,41+,42+,43+/m0/s1. The normalized spacial score (nSPS) is 40.5. The van der Waals surface area contributed by atoms with Gasteiger partial charge in [-0.3, -0.25) is 14.4 Å². The van der Waals surface area contributed by atoms with Crippen LogP contribution in [0.15, 0.2) is 11.1 Å². The van der Waals surface area contributed by atoms with E-state index in [2.05, 4.69) is 53.8 Å². The summed E-state index contributed by atoms with van der Waals surface area (Å²) in [6.45, 7) is 22.3. The molecule has 0 heterocycles. The van der Waals surface area contributed by atoms with Crippen molar-refractivity contribution in [2.75, 3.05) is 13.1 Å². The van der Waals surface area contributed by atoms with Crippen LogP contribution in [0.2, 0.25) is 0 Å². The zero-order valence-electron chi connectivity index (χ0n) is 32.6. The van der Waals surface area contributed by atoms with Crippen molar-refractivity contribution in [3.8, 4) is 0 Å². The molecule has 0 bridgehead atoms. The Bertz CT molecular complexity index is 1360. The molecule has 276 valence electrons. The number of esters is 1. The molecule has 49 heavy (non-hydrogen) atoms. The predicted molar refractivity (Wildman–Crippen MR) is 195 cm³/mol. The second kappa shape index (κ2) is 12.8. The highest BCUT2D eigenvalue weighted by molar-refractivity contribution is 6.00. The number of carboxylic acid groups (broad SMARTS) is 1. The highest BCUT2D eigenvalue weighted by Gasteiger charge is 2.70. The van der Waals surface area contributed by atoms with Crippen LogP contribution in [0.5, 0.6) is 0 Å². The number of hydrogen-bond acceptors (Lipinski definition) is 5.